The van der Waals surface area contributed by atoms with Crippen molar-refractivity contribution in [2.75, 3.05) is 13.1 Å². The number of benzene rings is 2. The Bertz CT molecular complexity index is 814. The minimum absolute atomic E-state index is 0.117. The number of rotatable bonds is 3. The van der Waals surface area contributed by atoms with Gasteiger partial charge in [0.1, 0.15) is 10.7 Å². The van der Waals surface area contributed by atoms with Crippen LogP contribution >= 0.6 is 11.6 Å². The van der Waals surface area contributed by atoms with Gasteiger partial charge < -0.3 is 5.73 Å². The van der Waals surface area contributed by atoms with Gasteiger partial charge in [0.15, 0.2) is 0 Å². The Kier molecular flexibility index (Phi) is 4.42. The van der Waals surface area contributed by atoms with Crippen molar-refractivity contribution in [2.24, 2.45) is 5.73 Å². The number of sulfonamides is 1. The summed E-state index contributed by atoms with van der Waals surface area (Å²) in [5, 5.41) is 0.174. The van der Waals surface area contributed by atoms with Crippen LogP contribution in [0.25, 0.3) is 0 Å². The van der Waals surface area contributed by atoms with Crippen molar-refractivity contribution in [3.05, 3.63) is 64.9 Å². The lowest BCUT2D eigenvalue weighted by molar-refractivity contribution is 0.463. The molecule has 0 amide bonds. The standard InChI is InChI=1S/C16H16ClFN2O2S/c17-12-6-7-14(18)16(8-12)23(21,22)20-9-13(15(19)10-20)11-4-2-1-3-5-11/h1-8,13,15H,9-10,19H2/t13-,15+/m0/s1. The van der Waals surface area contributed by atoms with E-state index in [-0.39, 0.29) is 30.1 Å². The molecule has 4 nitrogen and oxygen atoms in total. The molecule has 23 heavy (non-hydrogen) atoms. The predicted octanol–water partition coefficient (Wildman–Crippen LogP) is 2.59. The van der Waals surface area contributed by atoms with Crippen LogP contribution in [0.4, 0.5) is 4.39 Å². The molecule has 0 bridgehead atoms. The zero-order valence-corrected chi connectivity index (χ0v) is 13.8. The average molecular weight is 355 g/mol. The molecule has 1 saturated heterocycles. The maximum Gasteiger partial charge on any atom is 0.246 e. The maximum absolute atomic E-state index is 13.9. The molecule has 0 aliphatic carbocycles. The van der Waals surface area contributed by atoms with Gasteiger partial charge in [-0.2, -0.15) is 4.31 Å². The molecule has 0 saturated carbocycles. The Labute approximate surface area is 139 Å². The van der Waals surface area contributed by atoms with Gasteiger partial charge in [0.25, 0.3) is 0 Å². The molecule has 0 radical (unpaired) electrons. The Morgan fingerprint density at radius 1 is 1.13 bits per heavy atom. The van der Waals surface area contributed by atoms with Crippen LogP contribution in [0.2, 0.25) is 5.02 Å². The molecule has 1 aliphatic rings. The molecule has 122 valence electrons. The van der Waals surface area contributed by atoms with Crippen molar-refractivity contribution in [3.8, 4) is 0 Å². The fourth-order valence-corrected chi connectivity index (χ4v) is 4.69. The second-order valence-electron chi connectivity index (χ2n) is 5.58. The Morgan fingerprint density at radius 2 is 1.83 bits per heavy atom. The van der Waals surface area contributed by atoms with Crippen molar-refractivity contribution in [3.63, 3.8) is 0 Å². The molecule has 1 fully saturated rings. The lowest BCUT2D eigenvalue weighted by atomic mass is 9.95. The summed E-state index contributed by atoms with van der Waals surface area (Å²) < 4.78 is 40.6. The van der Waals surface area contributed by atoms with E-state index in [0.29, 0.717) is 0 Å². The molecule has 2 N–H and O–H groups in total. The number of hydrogen-bond donors (Lipinski definition) is 1. The monoisotopic (exact) mass is 354 g/mol. The summed E-state index contributed by atoms with van der Waals surface area (Å²) in [4.78, 5) is -0.411. The van der Waals surface area contributed by atoms with Crippen molar-refractivity contribution >= 4 is 21.6 Å². The number of nitrogens with two attached hydrogens (primary N) is 1. The molecule has 2 aromatic rings. The largest absolute Gasteiger partial charge is 0.326 e. The second-order valence-corrected chi connectivity index (χ2v) is 7.92. The molecular formula is C16H16ClFN2O2S. The van der Waals surface area contributed by atoms with Gasteiger partial charge in [-0.15, -0.1) is 0 Å². The quantitative estimate of drug-likeness (QED) is 0.921. The van der Waals surface area contributed by atoms with Crippen LogP contribution in [-0.4, -0.2) is 31.9 Å². The molecular weight excluding hydrogens is 339 g/mol. The lowest BCUT2D eigenvalue weighted by Gasteiger charge is -2.17. The molecule has 7 heteroatoms. The highest BCUT2D eigenvalue weighted by atomic mass is 35.5. The van der Waals surface area contributed by atoms with Crippen LogP contribution in [0.1, 0.15) is 11.5 Å². The number of hydrogen-bond acceptors (Lipinski definition) is 3. The Morgan fingerprint density at radius 3 is 2.52 bits per heavy atom. The molecule has 3 rings (SSSR count). The average Bonchev–Trinajstić information content (AvgIpc) is 2.93. The fourth-order valence-electron chi connectivity index (χ4n) is 2.85. The summed E-state index contributed by atoms with van der Waals surface area (Å²) in [6.07, 6.45) is 0. The van der Waals surface area contributed by atoms with Gasteiger partial charge >= 0.3 is 0 Å². The first-order valence-corrected chi connectivity index (χ1v) is 8.97. The molecule has 0 aromatic heterocycles. The highest BCUT2D eigenvalue weighted by molar-refractivity contribution is 7.89. The van der Waals surface area contributed by atoms with E-state index in [9.17, 15) is 12.8 Å². The van der Waals surface area contributed by atoms with E-state index < -0.39 is 20.7 Å². The van der Waals surface area contributed by atoms with Crippen LogP contribution in [0.15, 0.2) is 53.4 Å². The molecule has 1 aliphatic heterocycles. The third-order valence-corrected chi connectivity index (χ3v) is 6.15. The lowest BCUT2D eigenvalue weighted by Crippen LogP contribution is -2.32. The second kappa shape index (κ2) is 6.20. The first kappa shape index (κ1) is 16.4. The predicted molar refractivity (Wildman–Crippen MR) is 87.3 cm³/mol. The number of halogens is 2. The van der Waals surface area contributed by atoms with Crippen LogP contribution in [-0.2, 0) is 10.0 Å². The molecule has 2 atom stereocenters. The zero-order valence-electron chi connectivity index (χ0n) is 12.2. The highest BCUT2D eigenvalue weighted by Gasteiger charge is 2.39. The third kappa shape index (κ3) is 3.12. The summed E-state index contributed by atoms with van der Waals surface area (Å²) in [5.41, 5.74) is 7.09. The van der Waals surface area contributed by atoms with Gasteiger partial charge in [0.2, 0.25) is 10.0 Å². The van der Waals surface area contributed by atoms with E-state index in [0.717, 1.165) is 17.7 Å². The smallest absolute Gasteiger partial charge is 0.246 e. The van der Waals surface area contributed by atoms with E-state index in [2.05, 4.69) is 0 Å². The summed E-state index contributed by atoms with van der Waals surface area (Å²) >= 11 is 5.81. The maximum atomic E-state index is 13.9. The number of nitrogens with zero attached hydrogens (tertiary/aromatic N) is 1. The summed E-state index contributed by atoms with van der Waals surface area (Å²) in [7, 11) is -3.97. The molecule has 1 heterocycles. The van der Waals surface area contributed by atoms with Crippen LogP contribution in [0.5, 0.6) is 0 Å². The van der Waals surface area contributed by atoms with Gasteiger partial charge in [-0.3, -0.25) is 0 Å². The van der Waals surface area contributed by atoms with Crippen molar-refractivity contribution in [1.82, 2.24) is 4.31 Å². The molecule has 2 aromatic carbocycles. The van der Waals surface area contributed by atoms with Gasteiger partial charge in [0, 0.05) is 30.1 Å². The normalized spacial score (nSPS) is 22.4. The van der Waals surface area contributed by atoms with E-state index >= 15 is 0 Å². The van der Waals surface area contributed by atoms with E-state index in [1.807, 2.05) is 30.3 Å². The highest BCUT2D eigenvalue weighted by Crippen LogP contribution is 2.31. The zero-order chi connectivity index (χ0) is 16.6. The SMILES string of the molecule is N[C@@H]1CN(S(=O)(=O)c2cc(Cl)ccc2F)C[C@H]1c1ccccc1. The third-order valence-electron chi connectivity index (χ3n) is 4.07. The fraction of sp³-hybridized carbons (Fsp3) is 0.250. The van der Waals surface area contributed by atoms with Gasteiger partial charge in [-0.1, -0.05) is 41.9 Å². The van der Waals surface area contributed by atoms with Crippen molar-refractivity contribution < 1.29 is 12.8 Å². The van der Waals surface area contributed by atoms with Crippen LogP contribution in [0.3, 0.4) is 0 Å². The molecule has 0 spiro atoms. The Balaban J connectivity index is 1.92. The first-order chi connectivity index (χ1) is 10.9. The first-order valence-electron chi connectivity index (χ1n) is 7.15. The van der Waals surface area contributed by atoms with Gasteiger partial charge in [0.05, 0.1) is 0 Å². The van der Waals surface area contributed by atoms with Crippen LogP contribution < -0.4 is 5.73 Å². The van der Waals surface area contributed by atoms with E-state index in [1.165, 1.54) is 10.4 Å². The summed E-state index contributed by atoms with van der Waals surface area (Å²) in [6, 6.07) is 12.7. The van der Waals surface area contributed by atoms with Crippen molar-refractivity contribution in [1.29, 1.82) is 0 Å². The van der Waals surface area contributed by atoms with E-state index in [1.54, 1.807) is 0 Å². The Hall–Kier alpha value is -1.47. The minimum atomic E-state index is -3.97. The minimum Gasteiger partial charge on any atom is -0.326 e. The van der Waals surface area contributed by atoms with Crippen LogP contribution in [0, 0.1) is 5.82 Å². The van der Waals surface area contributed by atoms with Crippen molar-refractivity contribution in [2.45, 2.75) is 16.9 Å². The van der Waals surface area contributed by atoms with E-state index in [4.69, 9.17) is 17.3 Å². The summed E-state index contributed by atoms with van der Waals surface area (Å²) in [5.74, 6) is -0.931. The van der Waals surface area contributed by atoms with Gasteiger partial charge in [-0.25, -0.2) is 12.8 Å². The van der Waals surface area contributed by atoms with Gasteiger partial charge in [-0.05, 0) is 23.8 Å². The molecule has 0 unspecified atom stereocenters. The topological polar surface area (TPSA) is 63.4 Å². The summed E-state index contributed by atoms with van der Waals surface area (Å²) in [6.45, 7) is 0.368.